The molecule has 0 saturated carbocycles. The van der Waals surface area contributed by atoms with Gasteiger partial charge in [-0.1, -0.05) is 25.1 Å². The molecule has 1 aromatic carbocycles. The van der Waals surface area contributed by atoms with E-state index in [1.165, 1.54) is 16.7 Å². The fourth-order valence-corrected chi connectivity index (χ4v) is 4.98. The second-order valence-electron chi connectivity index (χ2n) is 6.89. The third-order valence-electron chi connectivity index (χ3n) is 4.65. The lowest BCUT2D eigenvalue weighted by Crippen LogP contribution is -2.72. The summed E-state index contributed by atoms with van der Waals surface area (Å²) in [6, 6.07) is 7.24. The predicted octanol–water partition coefficient (Wildman–Crippen LogP) is 0.141. The number of nitrogens with zero attached hydrogens (tertiary/aromatic N) is 1. The van der Waals surface area contributed by atoms with Gasteiger partial charge >= 0.3 is 0 Å². The van der Waals surface area contributed by atoms with Gasteiger partial charge in [-0.05, 0) is 32.4 Å². The molecule has 3 rings (SSSR count). The minimum atomic E-state index is -1.28. The summed E-state index contributed by atoms with van der Waals surface area (Å²) in [7, 11) is 0. The maximum absolute atomic E-state index is 12.5. The molecule has 2 heterocycles. The SMILES string of the molecule is CC[C@@H](Oc1ccccc1)C(=O)N[C@H]1C(=O)N2[C@@H]1SC(C)(C)[C@H]2C(=O)[O-]. The van der Waals surface area contributed by atoms with Gasteiger partial charge in [0, 0.05) is 4.75 Å². The number of hydrogen-bond acceptors (Lipinski definition) is 6. The highest BCUT2D eigenvalue weighted by atomic mass is 32.2. The van der Waals surface area contributed by atoms with Crippen LogP contribution in [0.15, 0.2) is 30.3 Å². The zero-order valence-electron chi connectivity index (χ0n) is 14.8. The summed E-state index contributed by atoms with van der Waals surface area (Å²) in [4.78, 5) is 37.7. The number of benzene rings is 1. The smallest absolute Gasteiger partial charge is 0.261 e. The third kappa shape index (κ3) is 3.13. The summed E-state index contributed by atoms with van der Waals surface area (Å²) in [5.41, 5.74) is 0. The van der Waals surface area contributed by atoms with E-state index in [4.69, 9.17) is 4.74 Å². The van der Waals surface area contributed by atoms with Crippen LogP contribution in [-0.2, 0) is 14.4 Å². The molecule has 2 amide bonds. The van der Waals surface area contributed by atoms with Crippen LogP contribution in [0, 0.1) is 0 Å². The van der Waals surface area contributed by atoms with Gasteiger partial charge in [-0.15, -0.1) is 11.8 Å². The van der Waals surface area contributed by atoms with Crippen molar-refractivity contribution in [2.45, 2.75) is 55.5 Å². The lowest BCUT2D eigenvalue weighted by molar-refractivity contribution is -0.312. The van der Waals surface area contributed by atoms with Crippen LogP contribution in [0.25, 0.3) is 0 Å². The molecule has 1 N–H and O–H groups in total. The number of ether oxygens (including phenoxy) is 1. The second kappa shape index (κ2) is 6.83. The number of hydrogen-bond donors (Lipinski definition) is 1. The van der Waals surface area contributed by atoms with E-state index in [0.717, 1.165) is 0 Å². The van der Waals surface area contributed by atoms with Crippen molar-refractivity contribution in [2.75, 3.05) is 0 Å². The number of thioether (sulfide) groups is 1. The Labute approximate surface area is 156 Å². The zero-order chi connectivity index (χ0) is 19.1. The lowest BCUT2D eigenvalue weighted by Gasteiger charge is -2.45. The van der Waals surface area contributed by atoms with Crippen molar-refractivity contribution in [3.8, 4) is 5.75 Å². The molecule has 4 atom stereocenters. The molecular weight excluding hydrogens is 356 g/mol. The van der Waals surface area contributed by atoms with E-state index < -0.39 is 40.2 Å². The summed E-state index contributed by atoms with van der Waals surface area (Å²) in [5.74, 6) is -1.48. The van der Waals surface area contributed by atoms with Gasteiger partial charge < -0.3 is 24.9 Å². The number of amides is 2. The van der Waals surface area contributed by atoms with Crippen molar-refractivity contribution >= 4 is 29.5 Å². The molecule has 0 aromatic heterocycles. The van der Waals surface area contributed by atoms with E-state index in [-0.39, 0.29) is 5.91 Å². The van der Waals surface area contributed by atoms with Crippen molar-refractivity contribution in [3.05, 3.63) is 30.3 Å². The molecule has 2 aliphatic rings. The molecule has 0 aliphatic carbocycles. The summed E-state index contributed by atoms with van der Waals surface area (Å²) in [6.45, 7) is 5.34. The molecule has 7 nitrogen and oxygen atoms in total. The standard InChI is InChI=1S/C18H22N2O5S/c1-4-11(25-10-8-6-5-7-9-10)14(21)19-12-15(22)20-13(17(23)24)18(2,3)26-16(12)20/h5-9,11-13,16H,4H2,1-3H3,(H,19,21)(H,23,24)/p-1/t11-,12+,13-,16-/m1/s1. The minimum absolute atomic E-state index is 0.385. The van der Waals surface area contributed by atoms with Crippen LogP contribution in [0.1, 0.15) is 27.2 Å². The van der Waals surface area contributed by atoms with Gasteiger partial charge in [-0.25, -0.2) is 0 Å². The Morgan fingerprint density at radius 3 is 2.58 bits per heavy atom. The first-order valence-electron chi connectivity index (χ1n) is 8.49. The Bertz CT molecular complexity index is 724. The molecule has 2 fully saturated rings. The maximum Gasteiger partial charge on any atom is 0.261 e. The summed E-state index contributed by atoms with van der Waals surface area (Å²) < 4.78 is 5.02. The number of carboxylic acid groups (broad SMARTS) is 1. The van der Waals surface area contributed by atoms with Crippen molar-refractivity contribution in [1.29, 1.82) is 0 Å². The molecule has 0 unspecified atom stereocenters. The highest BCUT2D eigenvalue weighted by molar-refractivity contribution is 8.01. The Balaban J connectivity index is 1.67. The summed E-state index contributed by atoms with van der Waals surface area (Å²) in [5, 5.41) is 13.7. The van der Waals surface area contributed by atoms with Gasteiger partial charge in [-0.2, -0.15) is 0 Å². The highest BCUT2D eigenvalue weighted by Crippen LogP contribution is 2.50. The van der Waals surface area contributed by atoms with Crippen LogP contribution in [0.3, 0.4) is 0 Å². The number of carbonyl (C=O) groups excluding carboxylic acids is 3. The molecule has 1 aromatic rings. The quantitative estimate of drug-likeness (QED) is 0.708. The van der Waals surface area contributed by atoms with Crippen LogP contribution in [0.4, 0.5) is 0 Å². The minimum Gasteiger partial charge on any atom is -0.548 e. The van der Waals surface area contributed by atoms with Crippen molar-refractivity contribution < 1.29 is 24.2 Å². The van der Waals surface area contributed by atoms with E-state index in [2.05, 4.69) is 5.32 Å². The Hall–Kier alpha value is -2.22. The second-order valence-corrected chi connectivity index (χ2v) is 8.66. The Morgan fingerprint density at radius 2 is 2.00 bits per heavy atom. The van der Waals surface area contributed by atoms with Crippen molar-refractivity contribution in [1.82, 2.24) is 10.2 Å². The molecule has 0 radical (unpaired) electrons. The van der Waals surface area contributed by atoms with Gasteiger partial charge in [0.2, 0.25) is 5.91 Å². The van der Waals surface area contributed by atoms with Crippen LogP contribution in [-0.4, -0.2) is 51.0 Å². The van der Waals surface area contributed by atoms with Gasteiger partial charge in [0.1, 0.15) is 17.2 Å². The Morgan fingerprint density at radius 1 is 1.35 bits per heavy atom. The number of fused-ring (bicyclic) bond motifs is 1. The first kappa shape index (κ1) is 18.6. The van der Waals surface area contributed by atoms with Gasteiger partial charge in [0.15, 0.2) is 6.10 Å². The van der Waals surface area contributed by atoms with Gasteiger partial charge in [-0.3, -0.25) is 9.59 Å². The predicted molar refractivity (Wildman–Crippen MR) is 94.2 cm³/mol. The molecular formula is C18H21N2O5S-. The number of carboxylic acids is 1. The van der Waals surface area contributed by atoms with E-state index in [0.29, 0.717) is 12.2 Å². The summed E-state index contributed by atoms with van der Waals surface area (Å²) >= 11 is 1.36. The number of rotatable bonds is 6. The third-order valence-corrected chi connectivity index (χ3v) is 6.22. The molecule has 2 saturated heterocycles. The fraction of sp³-hybridized carbons (Fsp3) is 0.500. The van der Waals surface area contributed by atoms with E-state index >= 15 is 0 Å². The average molecular weight is 377 g/mol. The lowest BCUT2D eigenvalue weighted by atomic mass is 9.96. The number of β-lactam (4-membered cyclic amide) rings is 1. The van der Waals surface area contributed by atoms with E-state index in [1.54, 1.807) is 26.0 Å². The molecule has 26 heavy (non-hydrogen) atoms. The number of carbonyl (C=O) groups is 3. The molecule has 8 heteroatoms. The first-order chi connectivity index (χ1) is 12.3. The largest absolute Gasteiger partial charge is 0.548 e. The number of aliphatic carboxylic acids is 1. The Kier molecular flexibility index (Phi) is 4.88. The molecule has 140 valence electrons. The maximum atomic E-state index is 12.5. The zero-order valence-corrected chi connectivity index (χ0v) is 15.6. The number of para-hydroxylation sites is 1. The fourth-order valence-electron chi connectivity index (χ4n) is 3.36. The van der Waals surface area contributed by atoms with Crippen LogP contribution < -0.4 is 15.2 Å². The molecule has 0 bridgehead atoms. The van der Waals surface area contributed by atoms with Gasteiger partial charge in [0.05, 0.1) is 12.0 Å². The molecule has 0 spiro atoms. The number of nitrogens with one attached hydrogen (secondary N) is 1. The molecule has 2 aliphatic heterocycles. The van der Waals surface area contributed by atoms with Crippen molar-refractivity contribution in [3.63, 3.8) is 0 Å². The normalized spacial score (nSPS) is 27.3. The monoisotopic (exact) mass is 377 g/mol. The first-order valence-corrected chi connectivity index (χ1v) is 9.37. The van der Waals surface area contributed by atoms with Gasteiger partial charge in [0.25, 0.3) is 5.91 Å². The topological polar surface area (TPSA) is 98.8 Å². The summed E-state index contributed by atoms with van der Waals surface area (Å²) in [6.07, 6.45) is -0.285. The van der Waals surface area contributed by atoms with Crippen LogP contribution >= 0.6 is 11.8 Å². The van der Waals surface area contributed by atoms with Crippen molar-refractivity contribution in [2.24, 2.45) is 0 Å². The highest BCUT2D eigenvalue weighted by Gasteiger charge is 2.62. The van der Waals surface area contributed by atoms with E-state index in [9.17, 15) is 19.5 Å². The average Bonchev–Trinajstić information content (AvgIpc) is 2.86. The van der Waals surface area contributed by atoms with E-state index in [1.807, 2.05) is 25.1 Å². The van der Waals surface area contributed by atoms with Crippen LogP contribution in [0.5, 0.6) is 5.75 Å². The van der Waals surface area contributed by atoms with Crippen LogP contribution in [0.2, 0.25) is 0 Å².